The molecule has 0 aromatic carbocycles. The van der Waals surface area contributed by atoms with Gasteiger partial charge in [-0.2, -0.15) is 0 Å². The Morgan fingerprint density at radius 1 is 1.57 bits per heavy atom. The molecular formula is C10H18N2OS. The van der Waals surface area contributed by atoms with Crippen LogP contribution in [0.25, 0.3) is 0 Å². The summed E-state index contributed by atoms with van der Waals surface area (Å²) in [6.45, 7) is 6.10. The van der Waals surface area contributed by atoms with E-state index in [0.29, 0.717) is 17.9 Å². The van der Waals surface area contributed by atoms with Crippen molar-refractivity contribution in [2.45, 2.75) is 33.2 Å². The van der Waals surface area contributed by atoms with Crippen molar-refractivity contribution in [3.8, 4) is 0 Å². The number of hydrogen-bond donors (Lipinski definition) is 2. The molecule has 0 aliphatic heterocycles. The molecule has 0 aromatic rings. The highest BCUT2D eigenvalue weighted by Gasteiger charge is 2.36. The summed E-state index contributed by atoms with van der Waals surface area (Å²) in [6, 6.07) is 0.314. The van der Waals surface area contributed by atoms with Gasteiger partial charge in [0.1, 0.15) is 0 Å². The average Bonchev–Trinajstić information content (AvgIpc) is 2.15. The zero-order valence-corrected chi connectivity index (χ0v) is 9.73. The molecule has 0 bridgehead atoms. The number of carbonyl (C=O) groups is 1. The van der Waals surface area contributed by atoms with Crippen LogP contribution < -0.4 is 11.1 Å². The monoisotopic (exact) mass is 214 g/mol. The van der Waals surface area contributed by atoms with Gasteiger partial charge in [0.2, 0.25) is 5.91 Å². The first-order chi connectivity index (χ1) is 6.43. The van der Waals surface area contributed by atoms with Crippen molar-refractivity contribution in [1.29, 1.82) is 0 Å². The Bertz CT molecular complexity index is 255. The lowest BCUT2D eigenvalue weighted by atomic mass is 9.71. The zero-order valence-electron chi connectivity index (χ0n) is 8.91. The minimum Gasteiger partial charge on any atom is -0.393 e. The van der Waals surface area contributed by atoms with E-state index in [-0.39, 0.29) is 16.8 Å². The van der Waals surface area contributed by atoms with Crippen LogP contribution in [-0.4, -0.2) is 16.9 Å². The molecule has 3 N–H and O–H groups in total. The maximum atomic E-state index is 11.6. The first-order valence-corrected chi connectivity index (χ1v) is 5.44. The number of thiocarbonyl (C=S) groups is 1. The van der Waals surface area contributed by atoms with E-state index in [2.05, 4.69) is 19.2 Å². The van der Waals surface area contributed by atoms with Gasteiger partial charge < -0.3 is 11.1 Å². The third-order valence-electron chi connectivity index (χ3n) is 3.31. The predicted molar refractivity (Wildman–Crippen MR) is 60.8 cm³/mol. The lowest BCUT2D eigenvalue weighted by Gasteiger charge is -2.41. The van der Waals surface area contributed by atoms with Crippen LogP contribution >= 0.6 is 12.2 Å². The van der Waals surface area contributed by atoms with Gasteiger partial charge in [-0.15, -0.1) is 0 Å². The van der Waals surface area contributed by atoms with Gasteiger partial charge in [0, 0.05) is 6.04 Å². The van der Waals surface area contributed by atoms with Gasteiger partial charge in [0.15, 0.2) is 0 Å². The highest BCUT2D eigenvalue weighted by molar-refractivity contribution is 7.80. The molecule has 1 fully saturated rings. The Hall–Kier alpha value is -0.640. The second kappa shape index (κ2) is 4.26. The van der Waals surface area contributed by atoms with Gasteiger partial charge in [-0.25, -0.2) is 0 Å². The fourth-order valence-corrected chi connectivity index (χ4v) is 1.76. The summed E-state index contributed by atoms with van der Waals surface area (Å²) in [5, 5.41) is 2.97. The molecule has 1 rings (SSSR count). The molecule has 4 atom stereocenters. The largest absolute Gasteiger partial charge is 0.393 e. The van der Waals surface area contributed by atoms with E-state index in [9.17, 15) is 4.79 Å². The van der Waals surface area contributed by atoms with Crippen molar-refractivity contribution in [3.05, 3.63) is 0 Å². The van der Waals surface area contributed by atoms with Crippen molar-refractivity contribution < 1.29 is 4.79 Å². The highest BCUT2D eigenvalue weighted by Crippen LogP contribution is 2.33. The predicted octanol–water partition coefficient (Wildman–Crippen LogP) is 1.07. The first-order valence-electron chi connectivity index (χ1n) is 5.03. The Morgan fingerprint density at radius 3 is 2.50 bits per heavy atom. The lowest BCUT2D eigenvalue weighted by Crippen LogP contribution is -2.52. The van der Waals surface area contributed by atoms with Crippen LogP contribution in [-0.2, 0) is 4.79 Å². The molecule has 14 heavy (non-hydrogen) atoms. The van der Waals surface area contributed by atoms with Gasteiger partial charge >= 0.3 is 0 Å². The summed E-state index contributed by atoms with van der Waals surface area (Å²) in [5.41, 5.74) is 5.40. The third-order valence-corrected chi connectivity index (χ3v) is 3.66. The molecule has 0 heterocycles. The third kappa shape index (κ3) is 2.23. The van der Waals surface area contributed by atoms with E-state index >= 15 is 0 Å². The number of amides is 1. The van der Waals surface area contributed by atoms with Gasteiger partial charge in [-0.3, -0.25) is 4.79 Å². The molecule has 0 aromatic heterocycles. The van der Waals surface area contributed by atoms with Crippen LogP contribution in [0, 0.1) is 17.8 Å². The molecule has 80 valence electrons. The van der Waals surface area contributed by atoms with Crippen LogP contribution in [0.3, 0.4) is 0 Å². The molecule has 1 amide bonds. The van der Waals surface area contributed by atoms with E-state index in [1.807, 2.05) is 0 Å². The van der Waals surface area contributed by atoms with Gasteiger partial charge in [-0.1, -0.05) is 26.1 Å². The Kier molecular flexibility index (Phi) is 3.48. The van der Waals surface area contributed by atoms with Crippen molar-refractivity contribution in [2.24, 2.45) is 23.5 Å². The van der Waals surface area contributed by atoms with Gasteiger partial charge in [-0.05, 0) is 25.2 Å². The smallest absolute Gasteiger partial charge is 0.229 e. The maximum absolute atomic E-state index is 11.6. The van der Waals surface area contributed by atoms with E-state index in [1.165, 1.54) is 0 Å². The standard InChI is InChI=1S/C10H18N2OS/c1-5-4-8(6(5)2)12-10(13)7(3)9(11)14/h5-8H,4H2,1-3H3,(H2,11,14)(H,12,13). The van der Waals surface area contributed by atoms with Gasteiger partial charge in [0.25, 0.3) is 0 Å². The molecular weight excluding hydrogens is 196 g/mol. The van der Waals surface area contributed by atoms with E-state index < -0.39 is 0 Å². The van der Waals surface area contributed by atoms with Crippen molar-refractivity contribution in [2.75, 3.05) is 0 Å². The number of nitrogens with two attached hydrogens (primary N) is 1. The molecule has 0 saturated heterocycles. The zero-order chi connectivity index (χ0) is 10.9. The summed E-state index contributed by atoms with van der Waals surface area (Å²) >= 11 is 4.77. The number of rotatable bonds is 3. The Morgan fingerprint density at radius 2 is 2.14 bits per heavy atom. The van der Waals surface area contributed by atoms with Crippen LogP contribution in [0.4, 0.5) is 0 Å². The van der Waals surface area contributed by atoms with E-state index in [1.54, 1.807) is 6.92 Å². The second-order valence-corrected chi connectivity index (χ2v) is 4.78. The minimum absolute atomic E-state index is 0.0405. The van der Waals surface area contributed by atoms with Crippen LogP contribution in [0.5, 0.6) is 0 Å². The average molecular weight is 214 g/mol. The molecule has 1 saturated carbocycles. The highest BCUT2D eigenvalue weighted by atomic mass is 32.1. The number of carbonyl (C=O) groups excluding carboxylic acids is 1. The van der Waals surface area contributed by atoms with Crippen molar-refractivity contribution >= 4 is 23.1 Å². The normalized spacial score (nSPS) is 32.9. The Balaban J connectivity index is 2.39. The fraction of sp³-hybridized carbons (Fsp3) is 0.800. The van der Waals surface area contributed by atoms with Gasteiger partial charge in [0.05, 0.1) is 10.9 Å². The summed E-state index contributed by atoms with van der Waals surface area (Å²) in [5.74, 6) is 0.882. The summed E-state index contributed by atoms with van der Waals surface area (Å²) in [4.78, 5) is 11.8. The molecule has 3 nitrogen and oxygen atoms in total. The van der Waals surface area contributed by atoms with E-state index in [4.69, 9.17) is 18.0 Å². The summed E-state index contributed by atoms with van der Waals surface area (Å²) in [6.07, 6.45) is 1.07. The molecule has 1 aliphatic carbocycles. The molecule has 1 aliphatic rings. The van der Waals surface area contributed by atoms with Crippen LogP contribution in [0.15, 0.2) is 0 Å². The molecule has 0 spiro atoms. The fourth-order valence-electron chi connectivity index (χ4n) is 1.66. The number of hydrogen-bond acceptors (Lipinski definition) is 2. The molecule has 0 radical (unpaired) electrons. The van der Waals surface area contributed by atoms with Crippen LogP contribution in [0.1, 0.15) is 27.2 Å². The molecule has 4 heteroatoms. The van der Waals surface area contributed by atoms with Crippen molar-refractivity contribution in [3.63, 3.8) is 0 Å². The molecule has 4 unspecified atom stereocenters. The quantitative estimate of drug-likeness (QED) is 0.691. The topological polar surface area (TPSA) is 55.1 Å². The number of nitrogens with one attached hydrogen (secondary N) is 1. The summed E-state index contributed by atoms with van der Waals surface area (Å²) < 4.78 is 0. The van der Waals surface area contributed by atoms with Crippen molar-refractivity contribution in [1.82, 2.24) is 5.32 Å². The second-order valence-electron chi connectivity index (χ2n) is 4.31. The van der Waals surface area contributed by atoms with Crippen LogP contribution in [0.2, 0.25) is 0 Å². The first kappa shape index (κ1) is 11.4. The lowest BCUT2D eigenvalue weighted by molar-refractivity contribution is -0.124. The maximum Gasteiger partial charge on any atom is 0.229 e. The summed E-state index contributed by atoms with van der Waals surface area (Å²) in [7, 11) is 0. The minimum atomic E-state index is -0.354. The SMILES string of the molecule is CC(C(=O)NC1CC(C)C1C)C(N)=S. The van der Waals surface area contributed by atoms with E-state index in [0.717, 1.165) is 6.42 Å². The Labute approximate surface area is 90.4 Å².